The van der Waals surface area contributed by atoms with E-state index in [4.69, 9.17) is 9.47 Å². The highest BCUT2D eigenvalue weighted by Crippen LogP contribution is 2.12. The SMILES string of the molecule is Fc1ccccc1NCCOC1CCOC1. The van der Waals surface area contributed by atoms with E-state index < -0.39 is 0 Å². The summed E-state index contributed by atoms with van der Waals surface area (Å²) < 4.78 is 23.9. The van der Waals surface area contributed by atoms with Crippen molar-refractivity contribution >= 4 is 5.69 Å². The van der Waals surface area contributed by atoms with Crippen LogP contribution in [0.25, 0.3) is 0 Å². The van der Waals surface area contributed by atoms with Crippen LogP contribution in [0.1, 0.15) is 6.42 Å². The molecule has 4 heteroatoms. The second kappa shape index (κ2) is 5.82. The lowest BCUT2D eigenvalue weighted by molar-refractivity contribution is 0.0489. The maximum atomic E-state index is 13.2. The lowest BCUT2D eigenvalue weighted by Crippen LogP contribution is -2.18. The summed E-state index contributed by atoms with van der Waals surface area (Å²) in [6.07, 6.45) is 1.17. The molecule has 1 aliphatic heterocycles. The Kier molecular flexibility index (Phi) is 4.13. The fourth-order valence-corrected chi connectivity index (χ4v) is 1.66. The van der Waals surface area contributed by atoms with Gasteiger partial charge in [0.1, 0.15) is 5.82 Å². The van der Waals surface area contributed by atoms with Gasteiger partial charge in [-0.25, -0.2) is 4.39 Å². The van der Waals surface area contributed by atoms with Gasteiger partial charge in [-0.05, 0) is 18.6 Å². The van der Waals surface area contributed by atoms with Gasteiger partial charge in [-0.3, -0.25) is 0 Å². The highest BCUT2D eigenvalue weighted by Gasteiger charge is 2.15. The zero-order valence-corrected chi connectivity index (χ0v) is 9.12. The number of benzene rings is 1. The number of hydrogen-bond acceptors (Lipinski definition) is 3. The first-order chi connectivity index (χ1) is 7.86. The Morgan fingerprint density at radius 2 is 2.31 bits per heavy atom. The third-order valence-corrected chi connectivity index (χ3v) is 2.53. The van der Waals surface area contributed by atoms with Gasteiger partial charge in [-0.1, -0.05) is 12.1 Å². The summed E-state index contributed by atoms with van der Waals surface area (Å²) in [7, 11) is 0. The third kappa shape index (κ3) is 3.18. The maximum absolute atomic E-state index is 13.2. The van der Waals surface area contributed by atoms with Crippen molar-refractivity contribution in [2.45, 2.75) is 12.5 Å². The number of halogens is 1. The summed E-state index contributed by atoms with van der Waals surface area (Å²) in [6, 6.07) is 6.63. The predicted molar refractivity (Wildman–Crippen MR) is 60.1 cm³/mol. The molecule has 88 valence electrons. The Bertz CT molecular complexity index is 327. The van der Waals surface area contributed by atoms with Crippen LogP contribution < -0.4 is 5.32 Å². The molecule has 0 aromatic heterocycles. The summed E-state index contributed by atoms with van der Waals surface area (Å²) in [5.74, 6) is -0.230. The minimum absolute atomic E-state index is 0.211. The number of anilines is 1. The average Bonchev–Trinajstić information content (AvgIpc) is 2.79. The van der Waals surface area contributed by atoms with Crippen molar-refractivity contribution in [3.63, 3.8) is 0 Å². The maximum Gasteiger partial charge on any atom is 0.146 e. The van der Waals surface area contributed by atoms with Crippen molar-refractivity contribution in [2.75, 3.05) is 31.7 Å². The normalized spacial score (nSPS) is 19.9. The van der Waals surface area contributed by atoms with Crippen molar-refractivity contribution in [1.29, 1.82) is 0 Å². The second-order valence-corrected chi connectivity index (χ2v) is 3.76. The van der Waals surface area contributed by atoms with Crippen molar-refractivity contribution in [1.82, 2.24) is 0 Å². The molecule has 0 amide bonds. The van der Waals surface area contributed by atoms with Crippen molar-refractivity contribution < 1.29 is 13.9 Å². The van der Waals surface area contributed by atoms with Gasteiger partial charge < -0.3 is 14.8 Å². The minimum Gasteiger partial charge on any atom is -0.380 e. The summed E-state index contributed by atoms with van der Waals surface area (Å²) in [5.41, 5.74) is 0.522. The zero-order valence-electron chi connectivity index (χ0n) is 9.12. The molecular formula is C12H16FNO2. The largest absolute Gasteiger partial charge is 0.380 e. The summed E-state index contributed by atoms with van der Waals surface area (Å²) >= 11 is 0. The lowest BCUT2D eigenvalue weighted by atomic mass is 10.3. The molecule has 3 nitrogen and oxygen atoms in total. The van der Waals surface area contributed by atoms with E-state index >= 15 is 0 Å². The number of nitrogens with one attached hydrogen (secondary N) is 1. The molecule has 0 aliphatic carbocycles. The standard InChI is InChI=1S/C12H16FNO2/c13-11-3-1-2-4-12(11)14-6-8-16-10-5-7-15-9-10/h1-4,10,14H,5-9H2. The van der Waals surface area contributed by atoms with Gasteiger partial charge in [0, 0.05) is 13.2 Å². The molecule has 0 radical (unpaired) electrons. The average molecular weight is 225 g/mol. The molecule has 1 atom stereocenters. The van der Waals surface area contributed by atoms with E-state index in [0.29, 0.717) is 25.4 Å². The third-order valence-electron chi connectivity index (χ3n) is 2.53. The van der Waals surface area contributed by atoms with Crippen LogP contribution in [-0.4, -0.2) is 32.5 Å². The molecule has 0 saturated carbocycles. The second-order valence-electron chi connectivity index (χ2n) is 3.76. The van der Waals surface area contributed by atoms with Crippen LogP contribution in [0.4, 0.5) is 10.1 Å². The van der Waals surface area contributed by atoms with E-state index in [1.807, 2.05) is 0 Å². The number of para-hydroxylation sites is 1. The van der Waals surface area contributed by atoms with Gasteiger partial charge in [-0.15, -0.1) is 0 Å². The van der Waals surface area contributed by atoms with E-state index in [0.717, 1.165) is 13.0 Å². The lowest BCUT2D eigenvalue weighted by Gasteiger charge is -2.11. The molecule has 1 aromatic rings. The fraction of sp³-hybridized carbons (Fsp3) is 0.500. The predicted octanol–water partition coefficient (Wildman–Crippen LogP) is 2.04. The van der Waals surface area contributed by atoms with Crippen molar-refractivity contribution in [3.8, 4) is 0 Å². The first-order valence-corrected chi connectivity index (χ1v) is 5.54. The van der Waals surface area contributed by atoms with Crippen molar-refractivity contribution in [2.24, 2.45) is 0 Å². The van der Waals surface area contributed by atoms with Crippen LogP contribution in [-0.2, 0) is 9.47 Å². The molecule has 1 fully saturated rings. The Hall–Kier alpha value is -1.13. The van der Waals surface area contributed by atoms with Crippen LogP contribution in [0, 0.1) is 5.82 Å². The van der Waals surface area contributed by atoms with Gasteiger partial charge in [0.15, 0.2) is 0 Å². The zero-order chi connectivity index (χ0) is 11.2. The molecule has 0 spiro atoms. The number of rotatable bonds is 5. The first-order valence-electron chi connectivity index (χ1n) is 5.54. The number of ether oxygens (including phenoxy) is 2. The smallest absolute Gasteiger partial charge is 0.146 e. The van der Waals surface area contributed by atoms with Crippen LogP contribution in [0.2, 0.25) is 0 Å². The van der Waals surface area contributed by atoms with E-state index in [-0.39, 0.29) is 11.9 Å². The highest BCUT2D eigenvalue weighted by atomic mass is 19.1. The number of hydrogen-bond donors (Lipinski definition) is 1. The molecule has 16 heavy (non-hydrogen) atoms. The van der Waals surface area contributed by atoms with E-state index in [9.17, 15) is 4.39 Å². The first kappa shape index (κ1) is 11.4. The Labute approximate surface area is 94.6 Å². The molecule has 1 heterocycles. The van der Waals surface area contributed by atoms with E-state index in [1.54, 1.807) is 18.2 Å². The van der Waals surface area contributed by atoms with Crippen LogP contribution in [0.15, 0.2) is 24.3 Å². The Morgan fingerprint density at radius 3 is 3.06 bits per heavy atom. The molecule has 0 bridgehead atoms. The van der Waals surface area contributed by atoms with Gasteiger partial charge in [0.05, 0.1) is 25.0 Å². The molecular weight excluding hydrogens is 209 g/mol. The highest BCUT2D eigenvalue weighted by molar-refractivity contribution is 5.44. The molecule has 1 aliphatic rings. The molecule has 2 rings (SSSR count). The van der Waals surface area contributed by atoms with Crippen LogP contribution >= 0.6 is 0 Å². The van der Waals surface area contributed by atoms with Gasteiger partial charge in [-0.2, -0.15) is 0 Å². The summed E-state index contributed by atoms with van der Waals surface area (Å²) in [4.78, 5) is 0. The quantitative estimate of drug-likeness (QED) is 0.778. The molecule has 1 saturated heterocycles. The molecule has 1 aromatic carbocycles. The molecule has 1 N–H and O–H groups in total. The van der Waals surface area contributed by atoms with Crippen LogP contribution in [0.5, 0.6) is 0 Å². The minimum atomic E-state index is -0.230. The Morgan fingerprint density at radius 1 is 1.44 bits per heavy atom. The van der Waals surface area contributed by atoms with Crippen LogP contribution in [0.3, 0.4) is 0 Å². The summed E-state index contributed by atoms with van der Waals surface area (Å²) in [5, 5.41) is 3.00. The molecule has 1 unspecified atom stereocenters. The fourth-order valence-electron chi connectivity index (χ4n) is 1.66. The monoisotopic (exact) mass is 225 g/mol. The Balaban J connectivity index is 1.66. The van der Waals surface area contributed by atoms with Gasteiger partial charge in [0.25, 0.3) is 0 Å². The topological polar surface area (TPSA) is 30.5 Å². The van der Waals surface area contributed by atoms with E-state index in [1.165, 1.54) is 6.07 Å². The van der Waals surface area contributed by atoms with Crippen molar-refractivity contribution in [3.05, 3.63) is 30.1 Å². The van der Waals surface area contributed by atoms with Gasteiger partial charge >= 0.3 is 0 Å². The van der Waals surface area contributed by atoms with Gasteiger partial charge in [0.2, 0.25) is 0 Å². The summed E-state index contributed by atoms with van der Waals surface area (Å²) in [6.45, 7) is 2.64. The van der Waals surface area contributed by atoms with E-state index in [2.05, 4.69) is 5.32 Å².